The van der Waals surface area contributed by atoms with Crippen molar-refractivity contribution in [2.45, 2.75) is 58.7 Å². The van der Waals surface area contributed by atoms with E-state index in [2.05, 4.69) is 60.5 Å². The third kappa shape index (κ3) is 5.97. The summed E-state index contributed by atoms with van der Waals surface area (Å²) in [7, 11) is 4.03. The van der Waals surface area contributed by atoms with Gasteiger partial charge in [0.1, 0.15) is 12.4 Å². The minimum absolute atomic E-state index is 0.0806. The van der Waals surface area contributed by atoms with Crippen LogP contribution in [0.5, 0.6) is 5.75 Å². The van der Waals surface area contributed by atoms with Crippen LogP contribution in [-0.4, -0.2) is 57.6 Å². The Morgan fingerprint density at radius 1 is 1.10 bits per heavy atom. The molecule has 2 aromatic carbocycles. The molecule has 210 valence electrons. The Labute approximate surface area is 237 Å². The van der Waals surface area contributed by atoms with E-state index in [-0.39, 0.29) is 11.9 Å². The third-order valence-corrected chi connectivity index (χ3v) is 7.57. The van der Waals surface area contributed by atoms with Crippen molar-refractivity contribution in [1.29, 1.82) is 0 Å². The van der Waals surface area contributed by atoms with E-state index in [0.717, 1.165) is 59.4 Å². The minimum atomic E-state index is -0.419. The molecule has 1 amide bonds. The number of rotatable bonds is 11. The van der Waals surface area contributed by atoms with Gasteiger partial charge in [-0.1, -0.05) is 6.07 Å². The normalized spacial score (nSPS) is 14.1. The number of hydrogen-bond donors (Lipinski definition) is 1. The second-order valence-electron chi connectivity index (χ2n) is 11.3. The van der Waals surface area contributed by atoms with Crippen LogP contribution < -0.4 is 10.1 Å². The number of aryl methyl sites for hydroxylation is 2. The lowest BCUT2D eigenvalue weighted by Gasteiger charge is -2.21. The van der Waals surface area contributed by atoms with Gasteiger partial charge in [-0.3, -0.25) is 14.2 Å². The van der Waals surface area contributed by atoms with Crippen molar-refractivity contribution in [1.82, 2.24) is 29.8 Å². The Bertz CT molecular complexity index is 1490. The van der Waals surface area contributed by atoms with Gasteiger partial charge in [-0.05, 0) is 108 Å². The van der Waals surface area contributed by atoms with Crippen LogP contribution in [0.25, 0.3) is 22.4 Å². The average Bonchev–Trinajstić information content (AvgIpc) is 3.32. The number of benzene rings is 2. The third-order valence-electron chi connectivity index (χ3n) is 7.57. The lowest BCUT2D eigenvalue weighted by Crippen LogP contribution is -2.35. The number of amides is 1. The van der Waals surface area contributed by atoms with E-state index in [4.69, 9.17) is 9.84 Å². The molecular weight excluding hydrogens is 500 g/mol. The summed E-state index contributed by atoms with van der Waals surface area (Å²) in [5.41, 5.74) is 6.31. The van der Waals surface area contributed by atoms with Gasteiger partial charge >= 0.3 is 0 Å². The van der Waals surface area contributed by atoms with Crippen LogP contribution in [0.2, 0.25) is 0 Å². The molecule has 1 fully saturated rings. The first-order chi connectivity index (χ1) is 19.2. The Morgan fingerprint density at radius 2 is 1.88 bits per heavy atom. The zero-order chi connectivity index (χ0) is 28.4. The van der Waals surface area contributed by atoms with Crippen LogP contribution in [0.15, 0.2) is 61.1 Å². The monoisotopic (exact) mass is 540 g/mol. The van der Waals surface area contributed by atoms with Crippen LogP contribution >= 0.6 is 0 Å². The lowest BCUT2D eigenvalue weighted by molar-refractivity contribution is 0.0929. The molecular formula is C32H40N6O2. The number of nitrogens with one attached hydrogen (secondary N) is 1. The van der Waals surface area contributed by atoms with E-state index in [1.807, 2.05) is 67.0 Å². The first kappa shape index (κ1) is 27.6. The molecule has 5 rings (SSSR count). The Morgan fingerprint density at radius 3 is 2.52 bits per heavy atom. The molecule has 8 heteroatoms. The summed E-state index contributed by atoms with van der Waals surface area (Å²) in [6.07, 6.45) is 7.77. The zero-order valence-electron chi connectivity index (χ0n) is 24.4. The second-order valence-corrected chi connectivity index (χ2v) is 11.3. The molecule has 0 saturated heterocycles. The summed E-state index contributed by atoms with van der Waals surface area (Å²) in [6.45, 7) is 10.5. The largest absolute Gasteiger partial charge is 0.492 e. The molecule has 1 aliphatic rings. The van der Waals surface area contributed by atoms with Crippen LogP contribution in [0.1, 0.15) is 61.1 Å². The van der Waals surface area contributed by atoms with Crippen LogP contribution in [-0.2, 0) is 12.1 Å². The van der Waals surface area contributed by atoms with Crippen molar-refractivity contribution in [3.63, 3.8) is 0 Å². The van der Waals surface area contributed by atoms with E-state index in [9.17, 15) is 4.79 Å². The van der Waals surface area contributed by atoms with Gasteiger partial charge in [0.2, 0.25) is 0 Å². The maximum absolute atomic E-state index is 13.7. The molecule has 0 aliphatic heterocycles. The number of aromatic nitrogens is 4. The topological polar surface area (TPSA) is 77.2 Å². The molecule has 0 bridgehead atoms. The predicted octanol–water partition coefficient (Wildman–Crippen LogP) is 5.68. The Balaban J connectivity index is 1.46. The van der Waals surface area contributed by atoms with Crippen molar-refractivity contribution in [3.8, 4) is 28.1 Å². The standard InChI is InChI=1S/C32H40N6O2/c1-7-37-13-10-30(35-37)25-16-24(26-20-33-38(21-26)22(2)3)17-27(18-25)32(11-12-32)34-31(39)29-19-28(9-8-23(29)4)40-15-14-36(5)6/h8-10,13,16-22H,7,11-12,14-15H2,1-6H3,(H,34,39). The van der Waals surface area contributed by atoms with Gasteiger partial charge < -0.3 is 15.0 Å². The van der Waals surface area contributed by atoms with Crippen LogP contribution in [0, 0.1) is 6.92 Å². The van der Waals surface area contributed by atoms with Gasteiger partial charge in [0.25, 0.3) is 5.91 Å². The Kier molecular flexibility index (Phi) is 7.81. The summed E-state index contributed by atoms with van der Waals surface area (Å²) < 4.78 is 9.82. The summed E-state index contributed by atoms with van der Waals surface area (Å²) in [5.74, 6) is 0.628. The van der Waals surface area contributed by atoms with Crippen LogP contribution in [0.3, 0.4) is 0 Å². The molecule has 0 spiro atoms. The smallest absolute Gasteiger partial charge is 0.252 e. The maximum atomic E-state index is 13.7. The number of hydrogen-bond acceptors (Lipinski definition) is 5. The van der Waals surface area contributed by atoms with E-state index >= 15 is 0 Å². The minimum Gasteiger partial charge on any atom is -0.492 e. The van der Waals surface area contributed by atoms with Crippen LogP contribution in [0.4, 0.5) is 0 Å². The number of likely N-dealkylation sites (N-methyl/N-ethyl adjacent to an activating group) is 1. The summed E-state index contributed by atoms with van der Waals surface area (Å²) in [5, 5.41) is 12.7. The molecule has 1 N–H and O–H groups in total. The molecule has 2 heterocycles. The molecule has 8 nitrogen and oxygen atoms in total. The second kappa shape index (κ2) is 11.3. The van der Waals surface area contributed by atoms with Gasteiger partial charge in [0.15, 0.2) is 0 Å². The molecule has 2 aromatic heterocycles. The fourth-order valence-corrected chi connectivity index (χ4v) is 4.86. The molecule has 1 aliphatic carbocycles. The average molecular weight is 541 g/mol. The molecule has 0 radical (unpaired) electrons. The lowest BCUT2D eigenvalue weighted by atomic mass is 9.94. The quantitative estimate of drug-likeness (QED) is 0.265. The number of nitrogens with zero attached hydrogens (tertiary/aromatic N) is 5. The highest BCUT2D eigenvalue weighted by atomic mass is 16.5. The van der Waals surface area contributed by atoms with Gasteiger partial charge in [0, 0.05) is 48.2 Å². The molecule has 1 saturated carbocycles. The Hall–Kier alpha value is -3.91. The zero-order valence-corrected chi connectivity index (χ0v) is 24.4. The number of carbonyl (C=O) groups excluding carboxylic acids is 1. The highest BCUT2D eigenvalue weighted by molar-refractivity contribution is 5.97. The predicted molar refractivity (Wildman–Crippen MR) is 159 cm³/mol. The van der Waals surface area contributed by atoms with Crippen molar-refractivity contribution < 1.29 is 9.53 Å². The fraction of sp³-hybridized carbons (Fsp3) is 0.406. The fourth-order valence-electron chi connectivity index (χ4n) is 4.86. The van der Waals surface area contributed by atoms with E-state index in [0.29, 0.717) is 17.9 Å². The summed E-state index contributed by atoms with van der Waals surface area (Å²) >= 11 is 0. The molecule has 4 aromatic rings. The van der Waals surface area contributed by atoms with Crippen molar-refractivity contribution in [2.24, 2.45) is 0 Å². The van der Waals surface area contributed by atoms with Gasteiger partial charge in [-0.25, -0.2) is 0 Å². The summed E-state index contributed by atoms with van der Waals surface area (Å²) in [6, 6.07) is 14.6. The van der Waals surface area contributed by atoms with E-state index in [1.54, 1.807) is 0 Å². The van der Waals surface area contributed by atoms with Crippen molar-refractivity contribution >= 4 is 5.91 Å². The first-order valence-corrected chi connectivity index (χ1v) is 14.1. The molecule has 40 heavy (non-hydrogen) atoms. The van der Waals surface area contributed by atoms with E-state index in [1.165, 1.54) is 0 Å². The number of carbonyl (C=O) groups is 1. The SMILES string of the molecule is CCn1ccc(-c2cc(-c3cnn(C(C)C)c3)cc(C3(NC(=O)c4cc(OCCN(C)C)ccc4C)CC3)c2)n1. The van der Waals surface area contributed by atoms with E-state index < -0.39 is 5.54 Å². The van der Waals surface area contributed by atoms with Gasteiger partial charge in [-0.2, -0.15) is 10.2 Å². The highest BCUT2D eigenvalue weighted by Crippen LogP contribution is 2.48. The molecule has 0 unspecified atom stereocenters. The van der Waals surface area contributed by atoms with Gasteiger partial charge in [0.05, 0.1) is 17.4 Å². The van der Waals surface area contributed by atoms with Crippen molar-refractivity contribution in [2.75, 3.05) is 27.2 Å². The maximum Gasteiger partial charge on any atom is 0.252 e. The summed E-state index contributed by atoms with van der Waals surface area (Å²) in [4.78, 5) is 15.7. The molecule has 0 atom stereocenters. The van der Waals surface area contributed by atoms with Gasteiger partial charge in [-0.15, -0.1) is 0 Å². The number of ether oxygens (including phenoxy) is 1. The van der Waals surface area contributed by atoms with Crippen molar-refractivity contribution in [3.05, 3.63) is 77.7 Å². The highest BCUT2D eigenvalue weighted by Gasteiger charge is 2.46. The first-order valence-electron chi connectivity index (χ1n) is 14.1.